The van der Waals surface area contributed by atoms with Crippen LogP contribution < -0.4 is 5.32 Å². The van der Waals surface area contributed by atoms with Gasteiger partial charge in [-0.25, -0.2) is 0 Å². The molecule has 3 nitrogen and oxygen atoms in total. The quantitative estimate of drug-likeness (QED) is 0.691. The molecule has 0 aromatic carbocycles. The first kappa shape index (κ1) is 15.4. The number of amides is 1. The van der Waals surface area contributed by atoms with Crippen molar-refractivity contribution in [2.24, 2.45) is 5.92 Å². The van der Waals surface area contributed by atoms with Crippen LogP contribution in [0.4, 0.5) is 0 Å². The predicted molar refractivity (Wildman–Crippen MR) is 69.5 cm³/mol. The molecular formula is C13H28N2O. The second kappa shape index (κ2) is 8.57. The van der Waals surface area contributed by atoms with Crippen LogP contribution in [0.2, 0.25) is 0 Å². The molecule has 0 unspecified atom stereocenters. The zero-order chi connectivity index (χ0) is 12.6. The van der Waals surface area contributed by atoms with Crippen molar-refractivity contribution in [3.8, 4) is 0 Å². The predicted octanol–water partition coefficient (Wildman–Crippen LogP) is 2.27. The minimum atomic E-state index is 0.240. The highest BCUT2D eigenvalue weighted by atomic mass is 16.2. The topological polar surface area (TPSA) is 32.3 Å². The van der Waals surface area contributed by atoms with Crippen LogP contribution in [0.3, 0.4) is 0 Å². The standard InChI is InChI=1S/C13H28N2O/c1-6-12(7-2)15(10-11(4)5)13(16)9-14-8-3/h11-12,14H,6-10H2,1-5H3. The second-order valence-corrected chi connectivity index (χ2v) is 4.69. The average Bonchev–Trinajstić information content (AvgIpc) is 2.25. The largest absolute Gasteiger partial charge is 0.338 e. The minimum Gasteiger partial charge on any atom is -0.338 e. The van der Waals surface area contributed by atoms with Crippen molar-refractivity contribution in [3.05, 3.63) is 0 Å². The van der Waals surface area contributed by atoms with Crippen LogP contribution in [0.25, 0.3) is 0 Å². The number of nitrogens with one attached hydrogen (secondary N) is 1. The average molecular weight is 228 g/mol. The van der Waals surface area contributed by atoms with Crippen molar-refractivity contribution in [2.45, 2.75) is 53.5 Å². The van der Waals surface area contributed by atoms with Crippen molar-refractivity contribution < 1.29 is 4.79 Å². The van der Waals surface area contributed by atoms with E-state index in [1.807, 2.05) is 11.8 Å². The summed E-state index contributed by atoms with van der Waals surface area (Å²) in [6.07, 6.45) is 2.09. The smallest absolute Gasteiger partial charge is 0.236 e. The van der Waals surface area contributed by atoms with Gasteiger partial charge in [-0.3, -0.25) is 4.79 Å². The van der Waals surface area contributed by atoms with Gasteiger partial charge in [-0.1, -0.05) is 34.6 Å². The van der Waals surface area contributed by atoms with E-state index in [4.69, 9.17) is 0 Å². The van der Waals surface area contributed by atoms with E-state index < -0.39 is 0 Å². The Morgan fingerprint density at radius 3 is 2.12 bits per heavy atom. The van der Waals surface area contributed by atoms with Gasteiger partial charge in [0.1, 0.15) is 0 Å². The zero-order valence-electron chi connectivity index (χ0n) is 11.5. The normalized spacial score (nSPS) is 11.2. The number of carbonyl (C=O) groups excluding carboxylic acids is 1. The van der Waals surface area contributed by atoms with Crippen LogP contribution >= 0.6 is 0 Å². The molecule has 1 N–H and O–H groups in total. The maximum atomic E-state index is 12.1. The van der Waals surface area contributed by atoms with E-state index in [9.17, 15) is 4.79 Å². The molecule has 0 aromatic rings. The number of rotatable bonds is 8. The third kappa shape index (κ3) is 5.50. The Kier molecular flexibility index (Phi) is 8.26. The summed E-state index contributed by atoms with van der Waals surface area (Å²) in [6, 6.07) is 0.397. The number of carbonyl (C=O) groups is 1. The first-order chi connectivity index (χ1) is 7.56. The van der Waals surface area contributed by atoms with Crippen LogP contribution in [0.15, 0.2) is 0 Å². The molecule has 0 fully saturated rings. The van der Waals surface area contributed by atoms with E-state index in [1.54, 1.807) is 0 Å². The Labute approximate surface area is 101 Å². The van der Waals surface area contributed by atoms with E-state index in [0.717, 1.165) is 25.9 Å². The first-order valence-electron chi connectivity index (χ1n) is 6.56. The van der Waals surface area contributed by atoms with Gasteiger partial charge >= 0.3 is 0 Å². The third-order valence-corrected chi connectivity index (χ3v) is 2.79. The SMILES string of the molecule is CCNCC(=O)N(CC(C)C)C(CC)CC. The molecule has 0 rings (SSSR count). The van der Waals surface area contributed by atoms with Gasteiger partial charge in [-0.2, -0.15) is 0 Å². The fraction of sp³-hybridized carbons (Fsp3) is 0.923. The fourth-order valence-electron chi connectivity index (χ4n) is 1.91. The molecule has 0 saturated carbocycles. The molecular weight excluding hydrogens is 200 g/mol. The van der Waals surface area contributed by atoms with Crippen LogP contribution in [0.1, 0.15) is 47.5 Å². The lowest BCUT2D eigenvalue weighted by Gasteiger charge is -2.32. The molecule has 0 aromatic heterocycles. The van der Waals surface area contributed by atoms with E-state index in [-0.39, 0.29) is 5.91 Å². The summed E-state index contributed by atoms with van der Waals surface area (Å²) < 4.78 is 0. The summed E-state index contributed by atoms with van der Waals surface area (Å²) in [6.45, 7) is 12.9. The Morgan fingerprint density at radius 1 is 1.19 bits per heavy atom. The summed E-state index contributed by atoms with van der Waals surface area (Å²) in [5.74, 6) is 0.774. The van der Waals surface area contributed by atoms with Gasteiger partial charge in [-0.05, 0) is 25.3 Å². The zero-order valence-corrected chi connectivity index (χ0v) is 11.5. The van der Waals surface area contributed by atoms with Crippen LogP contribution in [-0.4, -0.2) is 36.5 Å². The summed E-state index contributed by atoms with van der Waals surface area (Å²) >= 11 is 0. The Balaban J connectivity index is 4.44. The molecule has 0 radical (unpaired) electrons. The lowest BCUT2D eigenvalue weighted by Crippen LogP contribution is -2.45. The highest BCUT2D eigenvalue weighted by Gasteiger charge is 2.21. The fourth-order valence-corrected chi connectivity index (χ4v) is 1.91. The van der Waals surface area contributed by atoms with Gasteiger partial charge in [0.25, 0.3) is 0 Å². The highest BCUT2D eigenvalue weighted by molar-refractivity contribution is 5.78. The summed E-state index contributed by atoms with van der Waals surface area (Å²) in [4.78, 5) is 14.1. The van der Waals surface area contributed by atoms with Gasteiger partial charge in [0.15, 0.2) is 0 Å². The maximum absolute atomic E-state index is 12.1. The highest BCUT2D eigenvalue weighted by Crippen LogP contribution is 2.11. The molecule has 0 aliphatic rings. The third-order valence-electron chi connectivity index (χ3n) is 2.79. The van der Waals surface area contributed by atoms with Crippen molar-refractivity contribution in [3.63, 3.8) is 0 Å². The van der Waals surface area contributed by atoms with E-state index in [1.165, 1.54) is 0 Å². The van der Waals surface area contributed by atoms with Gasteiger partial charge in [-0.15, -0.1) is 0 Å². The summed E-state index contributed by atoms with van der Waals surface area (Å²) in [7, 11) is 0. The van der Waals surface area contributed by atoms with Crippen molar-refractivity contribution >= 4 is 5.91 Å². The molecule has 0 aliphatic carbocycles. The molecule has 3 heteroatoms. The van der Waals surface area contributed by atoms with Crippen molar-refractivity contribution in [1.82, 2.24) is 10.2 Å². The summed E-state index contributed by atoms with van der Waals surface area (Å²) in [5, 5.41) is 3.11. The lowest BCUT2D eigenvalue weighted by molar-refractivity contribution is -0.133. The van der Waals surface area contributed by atoms with Gasteiger partial charge in [0, 0.05) is 12.6 Å². The number of hydrogen-bond donors (Lipinski definition) is 1. The Morgan fingerprint density at radius 2 is 1.75 bits per heavy atom. The van der Waals surface area contributed by atoms with E-state index in [2.05, 4.69) is 33.0 Å². The molecule has 16 heavy (non-hydrogen) atoms. The molecule has 0 saturated heterocycles. The Bertz CT molecular complexity index is 188. The van der Waals surface area contributed by atoms with Crippen LogP contribution in [-0.2, 0) is 4.79 Å². The molecule has 0 spiro atoms. The van der Waals surface area contributed by atoms with Crippen molar-refractivity contribution in [2.75, 3.05) is 19.6 Å². The minimum absolute atomic E-state index is 0.240. The molecule has 1 amide bonds. The van der Waals surface area contributed by atoms with Gasteiger partial charge in [0.2, 0.25) is 5.91 Å². The van der Waals surface area contributed by atoms with Gasteiger partial charge in [0.05, 0.1) is 6.54 Å². The number of likely N-dealkylation sites (N-methyl/N-ethyl adjacent to an activating group) is 1. The Hall–Kier alpha value is -0.570. The molecule has 96 valence electrons. The molecule has 0 aliphatic heterocycles. The van der Waals surface area contributed by atoms with Crippen molar-refractivity contribution in [1.29, 1.82) is 0 Å². The molecule has 0 atom stereocenters. The van der Waals surface area contributed by atoms with Crippen LogP contribution in [0.5, 0.6) is 0 Å². The number of nitrogens with zero attached hydrogens (tertiary/aromatic N) is 1. The summed E-state index contributed by atoms with van der Waals surface area (Å²) in [5.41, 5.74) is 0. The second-order valence-electron chi connectivity index (χ2n) is 4.69. The van der Waals surface area contributed by atoms with Crippen LogP contribution in [0, 0.1) is 5.92 Å². The van der Waals surface area contributed by atoms with E-state index >= 15 is 0 Å². The van der Waals surface area contributed by atoms with Gasteiger partial charge < -0.3 is 10.2 Å². The monoisotopic (exact) mass is 228 g/mol. The first-order valence-corrected chi connectivity index (χ1v) is 6.56. The van der Waals surface area contributed by atoms with E-state index in [0.29, 0.717) is 18.5 Å². The maximum Gasteiger partial charge on any atom is 0.236 e. The lowest BCUT2D eigenvalue weighted by atomic mass is 10.1. The number of hydrogen-bond acceptors (Lipinski definition) is 2. The molecule has 0 heterocycles. The molecule has 0 bridgehead atoms.